The predicted octanol–water partition coefficient (Wildman–Crippen LogP) is 1.98. The number of amides is 1. The van der Waals surface area contributed by atoms with Gasteiger partial charge >= 0.3 is 0 Å². The number of nitrogen functional groups attached to an aromatic ring is 1. The second-order valence-electron chi connectivity index (χ2n) is 5.49. The third kappa shape index (κ3) is 4.05. The lowest BCUT2D eigenvalue weighted by molar-refractivity contribution is -0.125. The van der Waals surface area contributed by atoms with Crippen molar-refractivity contribution in [3.63, 3.8) is 0 Å². The maximum atomic E-state index is 11.3. The first kappa shape index (κ1) is 15.1. The summed E-state index contributed by atoms with van der Waals surface area (Å²) in [5.41, 5.74) is 12.0. The van der Waals surface area contributed by atoms with Gasteiger partial charge in [-0.1, -0.05) is 6.07 Å². The molecule has 5 nitrogen and oxygen atoms in total. The van der Waals surface area contributed by atoms with Crippen LogP contribution in [-0.2, 0) is 4.79 Å². The van der Waals surface area contributed by atoms with Crippen LogP contribution < -0.4 is 21.5 Å². The van der Waals surface area contributed by atoms with Gasteiger partial charge in [0.1, 0.15) is 5.75 Å². The fourth-order valence-corrected chi connectivity index (χ4v) is 1.46. The smallest absolute Gasteiger partial charge is 0.224 e. The van der Waals surface area contributed by atoms with Gasteiger partial charge in [0.25, 0.3) is 0 Å². The number of carbonyl (C=O) groups excluding carboxylic acids is 1. The predicted molar refractivity (Wildman–Crippen MR) is 78.1 cm³/mol. The molecule has 0 aliphatic heterocycles. The Kier molecular flexibility index (Phi) is 4.64. The van der Waals surface area contributed by atoms with E-state index in [0.29, 0.717) is 18.0 Å². The van der Waals surface area contributed by atoms with Gasteiger partial charge in [-0.25, -0.2) is 0 Å². The Morgan fingerprint density at radius 3 is 2.58 bits per heavy atom. The summed E-state index contributed by atoms with van der Waals surface area (Å²) in [7, 11) is 0. The fraction of sp³-hybridized carbons (Fsp3) is 0.500. The Hall–Kier alpha value is -1.91. The van der Waals surface area contributed by atoms with Crippen LogP contribution in [0.2, 0.25) is 0 Å². The number of nitrogens with one attached hydrogen (secondary N) is 1. The third-order valence-corrected chi connectivity index (χ3v) is 2.82. The van der Waals surface area contributed by atoms with Crippen LogP contribution in [-0.4, -0.2) is 18.6 Å². The summed E-state index contributed by atoms with van der Waals surface area (Å²) < 4.78 is 5.61. The minimum Gasteiger partial charge on any atom is -0.489 e. The van der Waals surface area contributed by atoms with E-state index in [0.717, 1.165) is 5.69 Å². The lowest BCUT2D eigenvalue weighted by Crippen LogP contribution is -2.37. The quantitative estimate of drug-likeness (QED) is 0.686. The average molecular weight is 265 g/mol. The first-order valence-corrected chi connectivity index (χ1v) is 6.33. The van der Waals surface area contributed by atoms with Crippen molar-refractivity contribution in [2.75, 3.05) is 17.6 Å². The molecule has 1 aromatic carbocycles. The molecule has 0 bridgehead atoms. The molecule has 0 atom stereocenters. The van der Waals surface area contributed by atoms with Crippen LogP contribution in [0.25, 0.3) is 0 Å². The van der Waals surface area contributed by atoms with Crippen molar-refractivity contribution in [1.29, 1.82) is 0 Å². The van der Waals surface area contributed by atoms with Crippen molar-refractivity contribution >= 4 is 17.3 Å². The van der Waals surface area contributed by atoms with E-state index in [9.17, 15) is 4.79 Å². The molecule has 5 N–H and O–H groups in total. The zero-order chi connectivity index (χ0) is 14.6. The van der Waals surface area contributed by atoms with E-state index in [1.54, 1.807) is 13.8 Å². The number of benzene rings is 1. The molecule has 1 rings (SSSR count). The summed E-state index contributed by atoms with van der Waals surface area (Å²) in [6, 6.07) is 5.52. The average Bonchev–Trinajstić information content (AvgIpc) is 2.29. The van der Waals surface area contributed by atoms with E-state index in [1.807, 2.05) is 32.0 Å². The Morgan fingerprint density at radius 2 is 2.05 bits per heavy atom. The number of carbonyl (C=O) groups is 1. The van der Waals surface area contributed by atoms with Crippen LogP contribution >= 0.6 is 0 Å². The summed E-state index contributed by atoms with van der Waals surface area (Å²) in [6.07, 6.45) is 0.0552. The number of ether oxygens (including phenoxy) is 1. The monoisotopic (exact) mass is 265 g/mol. The van der Waals surface area contributed by atoms with Gasteiger partial charge in [0.2, 0.25) is 5.91 Å². The number of nitrogens with two attached hydrogens (primary N) is 2. The van der Waals surface area contributed by atoms with Crippen molar-refractivity contribution in [2.45, 2.75) is 33.8 Å². The van der Waals surface area contributed by atoms with Crippen LogP contribution in [0.15, 0.2) is 18.2 Å². The third-order valence-electron chi connectivity index (χ3n) is 2.82. The minimum atomic E-state index is -0.638. The van der Waals surface area contributed by atoms with Crippen LogP contribution in [0.5, 0.6) is 5.75 Å². The normalized spacial score (nSPS) is 11.4. The molecule has 0 heterocycles. The number of hydrogen-bond donors (Lipinski definition) is 3. The van der Waals surface area contributed by atoms with Gasteiger partial charge in [0, 0.05) is 6.54 Å². The molecular formula is C14H23N3O2. The maximum Gasteiger partial charge on any atom is 0.224 e. The van der Waals surface area contributed by atoms with E-state index in [-0.39, 0.29) is 12.0 Å². The topological polar surface area (TPSA) is 90.4 Å². The highest BCUT2D eigenvalue weighted by atomic mass is 16.5. The van der Waals surface area contributed by atoms with Gasteiger partial charge in [-0.15, -0.1) is 0 Å². The number of para-hydroxylation sites is 1. The maximum absolute atomic E-state index is 11.3. The molecule has 0 aliphatic carbocycles. The minimum absolute atomic E-state index is 0.0552. The summed E-state index contributed by atoms with van der Waals surface area (Å²) in [5, 5.41) is 3.14. The molecule has 1 aromatic rings. The van der Waals surface area contributed by atoms with Gasteiger partial charge < -0.3 is 21.5 Å². The summed E-state index contributed by atoms with van der Waals surface area (Å²) in [5.74, 6) is 0.282. The lowest BCUT2D eigenvalue weighted by atomic mass is 9.92. The Labute approximate surface area is 114 Å². The van der Waals surface area contributed by atoms with Crippen molar-refractivity contribution in [2.24, 2.45) is 11.1 Å². The number of rotatable bonds is 6. The standard InChI is InChI=1S/C14H23N3O2/c1-9(2)19-11-7-5-6-10(12(11)15)17-8-14(3,4)13(16)18/h5-7,9,17H,8,15H2,1-4H3,(H2,16,18). The van der Waals surface area contributed by atoms with E-state index >= 15 is 0 Å². The molecule has 19 heavy (non-hydrogen) atoms. The van der Waals surface area contributed by atoms with E-state index in [4.69, 9.17) is 16.2 Å². The summed E-state index contributed by atoms with van der Waals surface area (Å²) >= 11 is 0. The second-order valence-corrected chi connectivity index (χ2v) is 5.49. The Bertz CT molecular complexity index is 456. The van der Waals surface area contributed by atoms with Gasteiger partial charge in [-0.05, 0) is 39.8 Å². The molecule has 0 radical (unpaired) electrons. The summed E-state index contributed by atoms with van der Waals surface area (Å²) in [4.78, 5) is 11.3. The van der Waals surface area contributed by atoms with Crippen LogP contribution in [0, 0.1) is 5.41 Å². The number of primary amides is 1. The van der Waals surface area contributed by atoms with Gasteiger partial charge in [-0.2, -0.15) is 0 Å². The molecule has 0 fully saturated rings. The molecule has 0 saturated carbocycles. The zero-order valence-electron chi connectivity index (χ0n) is 12.0. The lowest BCUT2D eigenvalue weighted by Gasteiger charge is -2.23. The van der Waals surface area contributed by atoms with Gasteiger partial charge in [0.15, 0.2) is 0 Å². The van der Waals surface area contributed by atoms with Crippen molar-refractivity contribution in [1.82, 2.24) is 0 Å². The highest BCUT2D eigenvalue weighted by molar-refractivity contribution is 5.81. The molecule has 0 spiro atoms. The molecule has 0 unspecified atom stereocenters. The summed E-state index contributed by atoms with van der Waals surface area (Å²) in [6.45, 7) is 7.86. The Balaban J connectivity index is 2.82. The molecule has 106 valence electrons. The first-order valence-electron chi connectivity index (χ1n) is 6.33. The molecule has 5 heteroatoms. The second kappa shape index (κ2) is 5.82. The molecule has 0 aliphatic rings. The van der Waals surface area contributed by atoms with Gasteiger partial charge in [0.05, 0.1) is 22.9 Å². The molecule has 0 aromatic heterocycles. The highest BCUT2D eigenvalue weighted by Gasteiger charge is 2.24. The van der Waals surface area contributed by atoms with Crippen molar-refractivity contribution in [3.05, 3.63) is 18.2 Å². The first-order chi connectivity index (χ1) is 8.74. The van der Waals surface area contributed by atoms with Crippen molar-refractivity contribution < 1.29 is 9.53 Å². The van der Waals surface area contributed by atoms with Crippen LogP contribution in [0.4, 0.5) is 11.4 Å². The SMILES string of the molecule is CC(C)Oc1cccc(NCC(C)(C)C(N)=O)c1N. The highest BCUT2D eigenvalue weighted by Crippen LogP contribution is 2.30. The van der Waals surface area contributed by atoms with Crippen molar-refractivity contribution in [3.8, 4) is 5.75 Å². The number of hydrogen-bond acceptors (Lipinski definition) is 4. The zero-order valence-corrected chi connectivity index (χ0v) is 12.0. The molecule has 1 amide bonds. The van der Waals surface area contributed by atoms with E-state index in [1.165, 1.54) is 0 Å². The van der Waals surface area contributed by atoms with Crippen LogP contribution in [0.3, 0.4) is 0 Å². The van der Waals surface area contributed by atoms with E-state index in [2.05, 4.69) is 5.32 Å². The Morgan fingerprint density at radius 1 is 1.42 bits per heavy atom. The number of anilines is 2. The fourth-order valence-electron chi connectivity index (χ4n) is 1.46. The van der Waals surface area contributed by atoms with Crippen LogP contribution in [0.1, 0.15) is 27.7 Å². The molecular weight excluding hydrogens is 242 g/mol. The molecule has 0 saturated heterocycles. The van der Waals surface area contributed by atoms with E-state index < -0.39 is 5.41 Å². The van der Waals surface area contributed by atoms with Gasteiger partial charge in [-0.3, -0.25) is 4.79 Å². The largest absolute Gasteiger partial charge is 0.489 e.